The zero-order valence-corrected chi connectivity index (χ0v) is 4.78. The summed E-state index contributed by atoms with van der Waals surface area (Å²) in [6.07, 6.45) is 3.23. The molecule has 0 fully saturated rings. The minimum absolute atomic E-state index is 0.0625. The summed E-state index contributed by atoms with van der Waals surface area (Å²) in [7, 11) is 0. The van der Waals surface area contributed by atoms with Crippen molar-refractivity contribution in [2.75, 3.05) is 13.1 Å². The maximum absolute atomic E-state index is 10.0. The lowest BCUT2D eigenvalue weighted by Gasteiger charge is -2.09. The van der Waals surface area contributed by atoms with Gasteiger partial charge in [0.25, 0.3) is 0 Å². The average molecular weight is 129 g/mol. The number of hydrogen-bond acceptors (Lipinski definition) is 3. The van der Waals surface area contributed by atoms with E-state index < -0.39 is 5.97 Å². The number of nitrogens with zero attached hydrogens (tertiary/aromatic N) is 1. The number of aliphatic carboxylic acids is 1. The Balaban J connectivity index is 2.22. The van der Waals surface area contributed by atoms with Crippen LogP contribution in [0.5, 0.6) is 0 Å². The summed E-state index contributed by atoms with van der Waals surface area (Å²) in [6, 6.07) is 0. The second-order valence-electron chi connectivity index (χ2n) is 1.69. The van der Waals surface area contributed by atoms with E-state index in [1.807, 2.05) is 0 Å². The molecule has 0 radical (unpaired) electrons. The Hall–Kier alpha value is -1.03. The second-order valence-corrected chi connectivity index (χ2v) is 1.69. The molecule has 1 heterocycles. The monoisotopic (exact) mass is 129 g/mol. The summed E-state index contributed by atoms with van der Waals surface area (Å²) in [5.74, 6) is -0.876. The molecule has 4 nitrogen and oxygen atoms in total. The predicted molar refractivity (Wildman–Crippen MR) is 29.4 cm³/mol. The van der Waals surface area contributed by atoms with Crippen molar-refractivity contribution in [3.05, 3.63) is 12.3 Å². The summed E-state index contributed by atoms with van der Waals surface area (Å²) in [5, 5.41) is 9.57. The third kappa shape index (κ3) is 1.73. The van der Waals surface area contributed by atoms with Gasteiger partial charge in [0, 0.05) is 0 Å². The number of carboxylic acids is 1. The molecular weight excluding hydrogens is 122 g/mol. The van der Waals surface area contributed by atoms with Crippen molar-refractivity contribution < 1.29 is 14.7 Å². The molecule has 0 unspecified atom stereocenters. The van der Waals surface area contributed by atoms with Crippen molar-refractivity contribution in [2.24, 2.45) is 0 Å². The third-order valence-electron chi connectivity index (χ3n) is 0.927. The molecule has 0 bridgehead atoms. The summed E-state index contributed by atoms with van der Waals surface area (Å²) < 4.78 is 0. The van der Waals surface area contributed by atoms with Crippen LogP contribution in [0.4, 0.5) is 0 Å². The highest BCUT2D eigenvalue weighted by atomic mass is 16.7. The van der Waals surface area contributed by atoms with Gasteiger partial charge in [-0.05, 0) is 6.08 Å². The van der Waals surface area contributed by atoms with Gasteiger partial charge in [0.2, 0.25) is 0 Å². The fraction of sp³-hybridized carbons (Fsp3) is 0.400. The molecule has 0 aromatic heterocycles. The van der Waals surface area contributed by atoms with Gasteiger partial charge in [-0.2, -0.15) is 0 Å². The second kappa shape index (κ2) is 2.50. The van der Waals surface area contributed by atoms with Crippen LogP contribution in [0.2, 0.25) is 0 Å². The van der Waals surface area contributed by atoms with E-state index in [4.69, 9.17) is 9.94 Å². The molecule has 0 saturated carbocycles. The minimum Gasteiger partial charge on any atom is -0.480 e. The molecule has 1 N–H and O–H groups in total. The van der Waals surface area contributed by atoms with Crippen molar-refractivity contribution in [2.45, 2.75) is 0 Å². The molecule has 4 heteroatoms. The highest BCUT2D eigenvalue weighted by molar-refractivity contribution is 5.68. The lowest BCUT2D eigenvalue weighted by molar-refractivity contribution is -0.150. The molecule has 50 valence electrons. The largest absolute Gasteiger partial charge is 0.480 e. The molecule has 0 aliphatic carbocycles. The van der Waals surface area contributed by atoms with Gasteiger partial charge in [-0.25, -0.2) is 0 Å². The van der Waals surface area contributed by atoms with Gasteiger partial charge in [0.15, 0.2) is 0 Å². The van der Waals surface area contributed by atoms with Gasteiger partial charge in [-0.3, -0.25) is 4.79 Å². The fourth-order valence-electron chi connectivity index (χ4n) is 0.585. The van der Waals surface area contributed by atoms with Crippen molar-refractivity contribution in [1.29, 1.82) is 0 Å². The Morgan fingerprint density at radius 1 is 1.89 bits per heavy atom. The Kier molecular flexibility index (Phi) is 1.69. The third-order valence-corrected chi connectivity index (χ3v) is 0.927. The van der Waals surface area contributed by atoms with E-state index in [0.29, 0.717) is 6.54 Å². The van der Waals surface area contributed by atoms with Gasteiger partial charge in [-0.15, -0.1) is 5.06 Å². The Labute approximate surface area is 52.3 Å². The number of hydroxylamine groups is 2. The number of carbonyl (C=O) groups is 1. The van der Waals surface area contributed by atoms with Gasteiger partial charge in [-0.1, -0.05) is 0 Å². The molecule has 1 rings (SSSR count). The first-order chi connectivity index (χ1) is 4.29. The van der Waals surface area contributed by atoms with Crippen molar-refractivity contribution in [1.82, 2.24) is 5.06 Å². The van der Waals surface area contributed by atoms with E-state index in [1.54, 1.807) is 6.08 Å². The van der Waals surface area contributed by atoms with Crippen LogP contribution >= 0.6 is 0 Å². The highest BCUT2D eigenvalue weighted by Gasteiger charge is 2.10. The molecule has 1 aliphatic rings. The van der Waals surface area contributed by atoms with Crippen LogP contribution in [0.3, 0.4) is 0 Å². The van der Waals surface area contributed by atoms with Crippen molar-refractivity contribution in [3.8, 4) is 0 Å². The van der Waals surface area contributed by atoms with Crippen molar-refractivity contribution >= 4 is 5.97 Å². The Bertz CT molecular complexity index is 135. The molecule has 0 aromatic rings. The lowest BCUT2D eigenvalue weighted by Crippen LogP contribution is -2.25. The van der Waals surface area contributed by atoms with Gasteiger partial charge < -0.3 is 9.94 Å². The van der Waals surface area contributed by atoms with Crippen LogP contribution in [0.25, 0.3) is 0 Å². The number of carboxylic acid groups (broad SMARTS) is 1. The van der Waals surface area contributed by atoms with Crippen LogP contribution in [-0.4, -0.2) is 29.2 Å². The van der Waals surface area contributed by atoms with E-state index in [-0.39, 0.29) is 6.54 Å². The van der Waals surface area contributed by atoms with Crippen LogP contribution in [0, 0.1) is 0 Å². The zero-order valence-electron chi connectivity index (χ0n) is 4.78. The molecule has 0 saturated heterocycles. The first kappa shape index (κ1) is 6.10. The summed E-state index contributed by atoms with van der Waals surface area (Å²) >= 11 is 0. The normalized spacial score (nSPS) is 17.8. The highest BCUT2D eigenvalue weighted by Crippen LogP contribution is 1.98. The minimum atomic E-state index is -0.876. The maximum Gasteiger partial charge on any atom is 0.321 e. The molecule has 0 spiro atoms. The van der Waals surface area contributed by atoms with Crippen LogP contribution in [-0.2, 0) is 9.63 Å². The number of hydrogen-bond donors (Lipinski definition) is 1. The van der Waals surface area contributed by atoms with Crippen LogP contribution < -0.4 is 0 Å². The fourth-order valence-corrected chi connectivity index (χ4v) is 0.585. The molecule has 0 aromatic carbocycles. The maximum atomic E-state index is 10.0. The lowest BCUT2D eigenvalue weighted by atomic mass is 10.6. The van der Waals surface area contributed by atoms with Gasteiger partial charge >= 0.3 is 5.97 Å². The SMILES string of the molecule is O=C(O)CN1CC=CO1. The first-order valence-electron chi connectivity index (χ1n) is 2.57. The van der Waals surface area contributed by atoms with Crippen LogP contribution in [0.1, 0.15) is 0 Å². The predicted octanol–water partition coefficient (Wildman–Crippen LogP) is -0.168. The molecule has 1 aliphatic heterocycles. The van der Waals surface area contributed by atoms with E-state index in [0.717, 1.165) is 0 Å². The van der Waals surface area contributed by atoms with Gasteiger partial charge in [0.05, 0.1) is 6.54 Å². The van der Waals surface area contributed by atoms with Gasteiger partial charge in [0.1, 0.15) is 12.8 Å². The molecular formula is C5H7NO3. The van der Waals surface area contributed by atoms with E-state index >= 15 is 0 Å². The van der Waals surface area contributed by atoms with Crippen LogP contribution in [0.15, 0.2) is 12.3 Å². The topological polar surface area (TPSA) is 49.8 Å². The van der Waals surface area contributed by atoms with Crippen molar-refractivity contribution in [3.63, 3.8) is 0 Å². The zero-order chi connectivity index (χ0) is 6.69. The van der Waals surface area contributed by atoms with E-state index in [1.165, 1.54) is 11.3 Å². The Morgan fingerprint density at radius 2 is 2.67 bits per heavy atom. The standard InChI is InChI=1S/C5H7NO3/c7-5(8)4-6-2-1-3-9-6/h1,3H,2,4H2,(H,7,8). The first-order valence-corrected chi connectivity index (χ1v) is 2.57. The summed E-state index contributed by atoms with van der Waals surface area (Å²) in [6.45, 7) is 0.499. The molecule has 9 heavy (non-hydrogen) atoms. The average Bonchev–Trinajstić information content (AvgIpc) is 2.15. The quantitative estimate of drug-likeness (QED) is 0.562. The van der Waals surface area contributed by atoms with E-state index in [9.17, 15) is 4.79 Å². The molecule has 0 atom stereocenters. The Morgan fingerprint density at radius 3 is 3.11 bits per heavy atom. The smallest absolute Gasteiger partial charge is 0.321 e. The number of rotatable bonds is 2. The molecule has 0 amide bonds. The summed E-state index contributed by atoms with van der Waals surface area (Å²) in [5.41, 5.74) is 0. The van der Waals surface area contributed by atoms with E-state index in [2.05, 4.69) is 0 Å². The summed E-state index contributed by atoms with van der Waals surface area (Å²) in [4.78, 5) is 14.7.